The third-order valence-corrected chi connectivity index (χ3v) is 2.70. The second-order valence-electron chi connectivity index (χ2n) is 4.10. The van der Waals surface area contributed by atoms with E-state index in [0.717, 1.165) is 16.9 Å². The summed E-state index contributed by atoms with van der Waals surface area (Å²) in [6.07, 6.45) is 3.68. The largest absolute Gasteiger partial charge is 0.496 e. The quantitative estimate of drug-likeness (QED) is 0.855. The summed E-state index contributed by atoms with van der Waals surface area (Å²) in [7, 11) is 1.69. The minimum absolute atomic E-state index is 0.511. The van der Waals surface area contributed by atoms with Gasteiger partial charge in [0.1, 0.15) is 5.75 Å². The number of nitrogens with zero attached hydrogens (tertiary/aromatic N) is 1. The van der Waals surface area contributed by atoms with Crippen molar-refractivity contribution in [3.05, 3.63) is 36.2 Å². The van der Waals surface area contributed by atoms with Crippen LogP contribution in [0.1, 0.15) is 25.3 Å². The highest BCUT2D eigenvalue weighted by molar-refractivity contribution is 5.70. The smallest absolute Gasteiger partial charge is 0.126 e. The van der Waals surface area contributed by atoms with Crippen molar-refractivity contribution in [2.45, 2.75) is 19.8 Å². The number of ether oxygens (including phenoxy) is 1. The number of methoxy groups -OCH3 is 1. The van der Waals surface area contributed by atoms with Crippen LogP contribution in [0.4, 0.5) is 0 Å². The van der Waals surface area contributed by atoms with Gasteiger partial charge in [0, 0.05) is 17.3 Å². The molecule has 1 heterocycles. The number of H-pyrrole nitrogens is 1. The van der Waals surface area contributed by atoms with E-state index >= 15 is 0 Å². The highest BCUT2D eigenvalue weighted by Gasteiger charge is 2.09. The van der Waals surface area contributed by atoms with Gasteiger partial charge in [-0.2, -0.15) is 5.10 Å². The number of nitrogens with one attached hydrogen (secondary N) is 1. The summed E-state index contributed by atoms with van der Waals surface area (Å²) in [4.78, 5) is 0. The van der Waals surface area contributed by atoms with E-state index in [1.54, 1.807) is 7.11 Å². The van der Waals surface area contributed by atoms with Gasteiger partial charge in [0.2, 0.25) is 0 Å². The molecule has 0 aliphatic heterocycles. The first-order valence-electron chi connectivity index (χ1n) is 5.39. The predicted octanol–water partition coefficient (Wildman–Crippen LogP) is 3.21. The molecule has 2 aromatic rings. The van der Waals surface area contributed by atoms with Crippen molar-refractivity contribution in [1.29, 1.82) is 0 Å². The van der Waals surface area contributed by atoms with Crippen LogP contribution in [0.3, 0.4) is 0 Å². The molecule has 1 aromatic carbocycles. The predicted molar refractivity (Wildman–Crippen MR) is 64.7 cm³/mol. The fourth-order valence-corrected chi connectivity index (χ4v) is 1.71. The lowest BCUT2D eigenvalue weighted by Crippen LogP contribution is -1.92. The Hall–Kier alpha value is -1.77. The molecule has 3 nitrogen and oxygen atoms in total. The summed E-state index contributed by atoms with van der Waals surface area (Å²) in [6, 6.07) is 6.28. The molecule has 16 heavy (non-hydrogen) atoms. The normalized spacial score (nSPS) is 10.8. The highest BCUT2D eigenvalue weighted by Crippen LogP contribution is 2.32. The van der Waals surface area contributed by atoms with Gasteiger partial charge >= 0.3 is 0 Å². The van der Waals surface area contributed by atoms with Crippen LogP contribution in [0.5, 0.6) is 5.75 Å². The standard InChI is InChI=1S/C13H16N2O/c1-9(2)10-4-5-13(16-3)12(6-10)11-7-14-15-8-11/h4-9H,1-3H3,(H,14,15). The van der Waals surface area contributed by atoms with Gasteiger partial charge in [0.25, 0.3) is 0 Å². The summed E-state index contributed by atoms with van der Waals surface area (Å²) < 4.78 is 5.36. The second kappa shape index (κ2) is 4.39. The van der Waals surface area contributed by atoms with Gasteiger partial charge in [-0.25, -0.2) is 0 Å². The average molecular weight is 216 g/mol. The molecule has 0 saturated carbocycles. The average Bonchev–Trinajstić information content (AvgIpc) is 2.81. The highest BCUT2D eigenvalue weighted by atomic mass is 16.5. The molecule has 0 saturated heterocycles. The Balaban J connectivity index is 2.52. The summed E-state index contributed by atoms with van der Waals surface area (Å²) in [6.45, 7) is 4.36. The van der Waals surface area contributed by atoms with E-state index in [2.05, 4.69) is 36.2 Å². The molecule has 1 aromatic heterocycles. The Morgan fingerprint density at radius 3 is 2.69 bits per heavy atom. The second-order valence-corrected chi connectivity index (χ2v) is 4.10. The zero-order chi connectivity index (χ0) is 11.5. The Kier molecular flexibility index (Phi) is 2.95. The topological polar surface area (TPSA) is 37.9 Å². The minimum atomic E-state index is 0.511. The summed E-state index contributed by atoms with van der Waals surface area (Å²) >= 11 is 0. The maximum Gasteiger partial charge on any atom is 0.126 e. The molecule has 84 valence electrons. The molecule has 3 heteroatoms. The first-order valence-corrected chi connectivity index (χ1v) is 5.39. The van der Waals surface area contributed by atoms with E-state index in [4.69, 9.17) is 4.74 Å². The van der Waals surface area contributed by atoms with Crippen molar-refractivity contribution in [2.75, 3.05) is 7.11 Å². The Morgan fingerprint density at radius 1 is 1.31 bits per heavy atom. The van der Waals surface area contributed by atoms with Crippen LogP contribution in [-0.2, 0) is 0 Å². The Morgan fingerprint density at radius 2 is 2.12 bits per heavy atom. The van der Waals surface area contributed by atoms with Crippen LogP contribution >= 0.6 is 0 Å². The minimum Gasteiger partial charge on any atom is -0.496 e. The van der Waals surface area contributed by atoms with Crippen LogP contribution < -0.4 is 4.74 Å². The molecule has 0 radical (unpaired) electrons. The van der Waals surface area contributed by atoms with E-state index < -0.39 is 0 Å². The van der Waals surface area contributed by atoms with Gasteiger partial charge in [-0.3, -0.25) is 5.10 Å². The first kappa shape index (κ1) is 10.7. The first-order chi connectivity index (χ1) is 7.72. The van der Waals surface area contributed by atoms with Gasteiger partial charge in [-0.1, -0.05) is 19.9 Å². The number of hydrogen-bond donors (Lipinski definition) is 1. The molecular weight excluding hydrogens is 200 g/mol. The van der Waals surface area contributed by atoms with E-state index in [1.165, 1.54) is 5.56 Å². The fourth-order valence-electron chi connectivity index (χ4n) is 1.71. The van der Waals surface area contributed by atoms with Crippen LogP contribution in [-0.4, -0.2) is 17.3 Å². The van der Waals surface area contributed by atoms with Crippen LogP contribution in [0, 0.1) is 0 Å². The van der Waals surface area contributed by atoms with E-state index in [0.29, 0.717) is 5.92 Å². The van der Waals surface area contributed by atoms with Gasteiger partial charge in [0.15, 0.2) is 0 Å². The van der Waals surface area contributed by atoms with Gasteiger partial charge in [-0.05, 0) is 23.6 Å². The molecule has 0 amide bonds. The van der Waals surface area contributed by atoms with E-state index in [-0.39, 0.29) is 0 Å². The number of hydrogen-bond acceptors (Lipinski definition) is 2. The molecule has 0 unspecified atom stereocenters. The lowest BCUT2D eigenvalue weighted by molar-refractivity contribution is 0.416. The monoisotopic (exact) mass is 216 g/mol. The molecule has 0 spiro atoms. The van der Waals surface area contributed by atoms with Crippen molar-refractivity contribution in [1.82, 2.24) is 10.2 Å². The maximum absolute atomic E-state index is 5.36. The third-order valence-electron chi connectivity index (χ3n) is 2.70. The molecular formula is C13H16N2O. The van der Waals surface area contributed by atoms with Gasteiger partial charge in [0.05, 0.1) is 13.3 Å². The van der Waals surface area contributed by atoms with Crippen molar-refractivity contribution in [3.8, 4) is 16.9 Å². The van der Waals surface area contributed by atoms with Crippen LogP contribution in [0.25, 0.3) is 11.1 Å². The van der Waals surface area contributed by atoms with E-state index in [9.17, 15) is 0 Å². The molecule has 1 N–H and O–H groups in total. The number of rotatable bonds is 3. The summed E-state index contributed by atoms with van der Waals surface area (Å²) in [5.74, 6) is 1.39. The molecule has 0 fully saturated rings. The maximum atomic E-state index is 5.36. The van der Waals surface area contributed by atoms with Crippen LogP contribution in [0.15, 0.2) is 30.6 Å². The molecule has 0 aliphatic carbocycles. The summed E-state index contributed by atoms with van der Waals surface area (Å²) in [5, 5.41) is 6.79. The summed E-state index contributed by atoms with van der Waals surface area (Å²) in [5.41, 5.74) is 3.44. The lowest BCUT2D eigenvalue weighted by atomic mass is 9.98. The van der Waals surface area contributed by atoms with Crippen molar-refractivity contribution >= 4 is 0 Å². The molecule has 2 rings (SSSR count). The van der Waals surface area contributed by atoms with Crippen molar-refractivity contribution in [2.24, 2.45) is 0 Å². The lowest BCUT2D eigenvalue weighted by Gasteiger charge is -2.11. The molecule has 0 bridgehead atoms. The van der Waals surface area contributed by atoms with Gasteiger partial charge < -0.3 is 4.74 Å². The third kappa shape index (κ3) is 1.94. The van der Waals surface area contributed by atoms with Crippen molar-refractivity contribution < 1.29 is 4.74 Å². The zero-order valence-electron chi connectivity index (χ0n) is 9.82. The van der Waals surface area contributed by atoms with Gasteiger partial charge in [-0.15, -0.1) is 0 Å². The number of aromatic nitrogens is 2. The van der Waals surface area contributed by atoms with Crippen molar-refractivity contribution in [3.63, 3.8) is 0 Å². The number of benzene rings is 1. The molecule has 0 atom stereocenters. The zero-order valence-corrected chi connectivity index (χ0v) is 9.82. The SMILES string of the molecule is COc1ccc(C(C)C)cc1-c1cn[nH]c1. The fraction of sp³-hybridized carbons (Fsp3) is 0.308. The number of aromatic amines is 1. The van der Waals surface area contributed by atoms with Crippen LogP contribution in [0.2, 0.25) is 0 Å². The van der Waals surface area contributed by atoms with E-state index in [1.807, 2.05) is 18.5 Å². The Labute approximate surface area is 95.5 Å². The Bertz CT molecular complexity index is 461. The molecule has 0 aliphatic rings.